The Labute approximate surface area is 182 Å². The van der Waals surface area contributed by atoms with Gasteiger partial charge < -0.3 is 14.6 Å². The molecule has 3 rings (SSSR count). The lowest BCUT2D eigenvalue weighted by Gasteiger charge is -2.12. The van der Waals surface area contributed by atoms with Crippen LogP contribution in [0.1, 0.15) is 32.1 Å². The van der Waals surface area contributed by atoms with Crippen LogP contribution in [-0.4, -0.2) is 26.6 Å². The Balaban J connectivity index is 1.86. The zero-order valence-corrected chi connectivity index (χ0v) is 17.4. The molecule has 0 radical (unpaired) electrons. The molecule has 0 spiro atoms. The number of rotatable bonds is 7. The highest BCUT2D eigenvalue weighted by Gasteiger charge is 2.26. The van der Waals surface area contributed by atoms with Crippen LogP contribution in [0.2, 0.25) is 10.0 Å². The molecule has 8 nitrogen and oxygen atoms in total. The zero-order chi connectivity index (χ0) is 21.7. The Morgan fingerprint density at radius 1 is 1.17 bits per heavy atom. The molecule has 156 valence electrons. The Morgan fingerprint density at radius 2 is 1.97 bits per heavy atom. The smallest absolute Gasteiger partial charge is 0.279 e. The van der Waals surface area contributed by atoms with Crippen LogP contribution in [0.25, 0.3) is 0 Å². The second kappa shape index (κ2) is 9.62. The van der Waals surface area contributed by atoms with E-state index in [1.54, 1.807) is 49.1 Å². The van der Waals surface area contributed by atoms with Gasteiger partial charge >= 0.3 is 0 Å². The third-order valence-electron chi connectivity index (χ3n) is 4.22. The first-order chi connectivity index (χ1) is 14.4. The highest BCUT2D eigenvalue weighted by Crippen LogP contribution is 2.28. The number of aryl methyl sites for hydroxylation is 1. The summed E-state index contributed by atoms with van der Waals surface area (Å²) in [6.07, 6.45) is 3.02. The van der Waals surface area contributed by atoms with Crippen LogP contribution in [0, 0.1) is 0 Å². The molecule has 2 aromatic heterocycles. The van der Waals surface area contributed by atoms with Crippen LogP contribution in [0.4, 0.5) is 0 Å². The molecular weight excluding hydrogens is 431 g/mol. The van der Waals surface area contributed by atoms with Crippen molar-refractivity contribution in [3.8, 4) is 5.75 Å². The number of hydrogen-bond donors (Lipinski definition) is 3. The lowest BCUT2D eigenvalue weighted by Crippen LogP contribution is -2.26. The first kappa shape index (κ1) is 21.6. The van der Waals surface area contributed by atoms with E-state index in [9.17, 15) is 9.59 Å². The number of hydroxylamine groups is 1. The molecule has 0 aliphatic carbocycles. The summed E-state index contributed by atoms with van der Waals surface area (Å²) < 4.78 is 7.24. The SMILES string of the molecule is Cn1cc(C(=O)NO)c(OCc2ccc(Cl)c(Cl)c2)c1C(=O)NCc1ccccn1. The zero-order valence-electron chi connectivity index (χ0n) is 15.9. The second-order valence-corrected chi connectivity index (χ2v) is 7.13. The van der Waals surface area contributed by atoms with E-state index in [1.807, 2.05) is 6.07 Å². The third kappa shape index (κ3) is 4.91. The lowest BCUT2D eigenvalue weighted by molar-refractivity contribution is 0.0702. The van der Waals surface area contributed by atoms with Crippen LogP contribution in [0.3, 0.4) is 0 Å². The van der Waals surface area contributed by atoms with Gasteiger partial charge in [0.1, 0.15) is 17.9 Å². The minimum atomic E-state index is -0.807. The molecule has 0 saturated heterocycles. The van der Waals surface area contributed by atoms with Crippen LogP contribution in [0.5, 0.6) is 5.75 Å². The standard InChI is InChI=1S/C20H18Cl2N4O4/c1-26-10-14(19(27)25-29)18(30-11-12-5-6-15(21)16(22)8-12)17(26)20(28)24-9-13-4-2-3-7-23-13/h2-8,10,29H,9,11H2,1H3,(H,24,28)(H,25,27). The first-order valence-corrected chi connectivity index (χ1v) is 9.55. The average molecular weight is 449 g/mol. The first-order valence-electron chi connectivity index (χ1n) is 8.79. The number of nitrogens with one attached hydrogen (secondary N) is 2. The van der Waals surface area contributed by atoms with E-state index in [0.29, 0.717) is 21.3 Å². The van der Waals surface area contributed by atoms with E-state index in [0.717, 1.165) is 0 Å². The molecule has 0 atom stereocenters. The van der Waals surface area contributed by atoms with Gasteiger partial charge in [-0.25, -0.2) is 5.48 Å². The van der Waals surface area contributed by atoms with E-state index in [-0.39, 0.29) is 30.2 Å². The number of carbonyl (C=O) groups is 2. The molecule has 0 aliphatic heterocycles. The van der Waals surface area contributed by atoms with Crippen molar-refractivity contribution in [2.45, 2.75) is 13.2 Å². The predicted octanol–water partition coefficient (Wildman–Crippen LogP) is 3.35. The van der Waals surface area contributed by atoms with E-state index in [2.05, 4.69) is 10.3 Å². The van der Waals surface area contributed by atoms with E-state index in [1.165, 1.54) is 10.8 Å². The maximum absolute atomic E-state index is 12.8. The third-order valence-corrected chi connectivity index (χ3v) is 4.96. The molecule has 0 bridgehead atoms. The number of amides is 2. The van der Waals surface area contributed by atoms with Gasteiger partial charge in [0.25, 0.3) is 11.8 Å². The van der Waals surface area contributed by atoms with Gasteiger partial charge in [0.2, 0.25) is 0 Å². The number of pyridine rings is 1. The van der Waals surface area contributed by atoms with Crippen molar-refractivity contribution in [3.05, 3.63) is 81.4 Å². The van der Waals surface area contributed by atoms with Crippen molar-refractivity contribution in [1.82, 2.24) is 20.3 Å². The molecule has 1 aromatic carbocycles. The maximum atomic E-state index is 12.8. The number of benzene rings is 1. The minimum Gasteiger partial charge on any atom is -0.486 e. The van der Waals surface area contributed by atoms with Crippen LogP contribution in [-0.2, 0) is 20.2 Å². The number of aromatic nitrogens is 2. The van der Waals surface area contributed by atoms with Gasteiger partial charge in [0, 0.05) is 19.4 Å². The van der Waals surface area contributed by atoms with Crippen LogP contribution in [0.15, 0.2) is 48.8 Å². The summed E-state index contributed by atoms with van der Waals surface area (Å²) in [5.41, 5.74) is 3.04. The molecular formula is C20H18Cl2N4O4. The Hall–Kier alpha value is -3.07. The van der Waals surface area contributed by atoms with Crippen molar-refractivity contribution >= 4 is 35.0 Å². The Bertz CT molecular complexity index is 1070. The van der Waals surface area contributed by atoms with Gasteiger partial charge in [-0.15, -0.1) is 0 Å². The van der Waals surface area contributed by atoms with Crippen molar-refractivity contribution < 1.29 is 19.5 Å². The van der Waals surface area contributed by atoms with Gasteiger partial charge in [-0.3, -0.25) is 19.8 Å². The quantitative estimate of drug-likeness (QED) is 0.379. The fraction of sp³-hybridized carbons (Fsp3) is 0.150. The minimum absolute atomic E-state index is 0.00282. The number of carbonyl (C=O) groups excluding carboxylic acids is 2. The molecule has 30 heavy (non-hydrogen) atoms. The fourth-order valence-corrected chi connectivity index (χ4v) is 3.10. The van der Waals surface area contributed by atoms with E-state index < -0.39 is 11.8 Å². The summed E-state index contributed by atoms with van der Waals surface area (Å²) in [6.45, 7) is 0.214. The largest absolute Gasteiger partial charge is 0.486 e. The van der Waals surface area contributed by atoms with Crippen molar-refractivity contribution in [2.24, 2.45) is 7.05 Å². The van der Waals surface area contributed by atoms with Gasteiger partial charge in [-0.2, -0.15) is 0 Å². The lowest BCUT2D eigenvalue weighted by atomic mass is 10.2. The normalized spacial score (nSPS) is 10.5. The monoisotopic (exact) mass is 448 g/mol. The van der Waals surface area contributed by atoms with Crippen molar-refractivity contribution in [3.63, 3.8) is 0 Å². The van der Waals surface area contributed by atoms with Gasteiger partial charge in [0.15, 0.2) is 5.75 Å². The Morgan fingerprint density at radius 3 is 2.63 bits per heavy atom. The summed E-state index contributed by atoms with van der Waals surface area (Å²) in [6, 6.07) is 10.3. The molecule has 0 aliphatic rings. The van der Waals surface area contributed by atoms with E-state index >= 15 is 0 Å². The molecule has 2 amide bonds. The average Bonchev–Trinajstić information content (AvgIpc) is 3.09. The molecule has 0 fully saturated rings. The Kier molecular flexibility index (Phi) is 6.94. The summed E-state index contributed by atoms with van der Waals surface area (Å²) in [7, 11) is 1.59. The molecule has 3 aromatic rings. The molecule has 0 unspecified atom stereocenters. The molecule has 0 saturated carbocycles. The highest BCUT2D eigenvalue weighted by molar-refractivity contribution is 6.42. The molecule has 2 heterocycles. The van der Waals surface area contributed by atoms with Crippen molar-refractivity contribution in [2.75, 3.05) is 0 Å². The second-order valence-electron chi connectivity index (χ2n) is 6.31. The van der Waals surface area contributed by atoms with Crippen molar-refractivity contribution in [1.29, 1.82) is 0 Å². The summed E-state index contributed by atoms with van der Waals surface area (Å²) in [5, 5.41) is 12.5. The number of ether oxygens (including phenoxy) is 1. The maximum Gasteiger partial charge on any atom is 0.279 e. The summed E-state index contributed by atoms with van der Waals surface area (Å²) >= 11 is 12.0. The summed E-state index contributed by atoms with van der Waals surface area (Å²) in [5.74, 6) is -1.25. The summed E-state index contributed by atoms with van der Waals surface area (Å²) in [4.78, 5) is 29.1. The van der Waals surface area contributed by atoms with E-state index in [4.69, 9.17) is 33.1 Å². The van der Waals surface area contributed by atoms with Crippen LogP contribution >= 0.6 is 23.2 Å². The predicted molar refractivity (Wildman–Crippen MR) is 111 cm³/mol. The number of hydrogen-bond acceptors (Lipinski definition) is 5. The number of nitrogens with zero attached hydrogens (tertiary/aromatic N) is 2. The number of halogens is 2. The topological polar surface area (TPSA) is 105 Å². The highest BCUT2D eigenvalue weighted by atomic mass is 35.5. The van der Waals surface area contributed by atoms with Gasteiger partial charge in [-0.05, 0) is 29.8 Å². The fourth-order valence-electron chi connectivity index (χ4n) is 2.78. The van der Waals surface area contributed by atoms with Crippen LogP contribution < -0.4 is 15.5 Å². The van der Waals surface area contributed by atoms with Gasteiger partial charge in [-0.1, -0.05) is 35.3 Å². The van der Waals surface area contributed by atoms with Gasteiger partial charge in [0.05, 0.1) is 22.3 Å². The molecule has 10 heteroatoms. The molecule has 3 N–H and O–H groups in total.